The Kier molecular flexibility index (Phi) is 2.64. The van der Waals surface area contributed by atoms with Gasteiger partial charge in [0.2, 0.25) is 0 Å². The van der Waals surface area contributed by atoms with Crippen molar-refractivity contribution in [2.24, 2.45) is 7.05 Å². The van der Waals surface area contributed by atoms with Gasteiger partial charge in [-0.1, -0.05) is 6.92 Å². The van der Waals surface area contributed by atoms with E-state index in [0.717, 1.165) is 23.1 Å². The Bertz CT molecular complexity index is 517. The zero-order valence-electron chi connectivity index (χ0n) is 9.37. The van der Waals surface area contributed by atoms with Crippen molar-refractivity contribution in [3.63, 3.8) is 0 Å². The number of nitrogen functional groups attached to an aromatic ring is 1. The van der Waals surface area contributed by atoms with Crippen molar-refractivity contribution in [3.05, 3.63) is 35.9 Å². The van der Waals surface area contributed by atoms with Crippen molar-refractivity contribution in [2.75, 3.05) is 5.73 Å². The number of hydrogen-bond donors (Lipinski definition) is 1. The third kappa shape index (κ3) is 1.78. The number of nitrogens with zero attached hydrogens (tertiary/aromatic N) is 2. The third-order valence-electron chi connectivity index (χ3n) is 2.63. The van der Waals surface area contributed by atoms with E-state index < -0.39 is 0 Å². The van der Waals surface area contributed by atoms with Crippen molar-refractivity contribution in [1.82, 2.24) is 9.78 Å². The first-order valence-electron chi connectivity index (χ1n) is 5.18. The highest BCUT2D eigenvalue weighted by atomic mass is 19.1. The van der Waals surface area contributed by atoms with E-state index in [4.69, 9.17) is 5.73 Å². The van der Waals surface area contributed by atoms with E-state index in [1.807, 2.05) is 26.2 Å². The number of benzene rings is 1. The predicted octanol–water partition coefficient (Wildman–Crippen LogP) is 2.37. The second kappa shape index (κ2) is 3.96. The van der Waals surface area contributed by atoms with Crippen LogP contribution in [-0.4, -0.2) is 9.78 Å². The summed E-state index contributed by atoms with van der Waals surface area (Å²) in [6, 6.07) is 3.36. The Morgan fingerprint density at radius 1 is 1.38 bits per heavy atom. The minimum atomic E-state index is -0.363. The Hall–Kier alpha value is -1.84. The highest BCUT2D eigenvalue weighted by Crippen LogP contribution is 2.26. The van der Waals surface area contributed by atoms with Crippen LogP contribution in [0.3, 0.4) is 0 Å². The summed E-state index contributed by atoms with van der Waals surface area (Å²) in [5.41, 5.74) is 8.44. The monoisotopic (exact) mass is 219 g/mol. The van der Waals surface area contributed by atoms with Gasteiger partial charge in [-0.15, -0.1) is 0 Å². The van der Waals surface area contributed by atoms with Gasteiger partial charge in [0.05, 0.1) is 11.9 Å². The molecule has 4 heteroatoms. The molecule has 1 heterocycles. The molecule has 16 heavy (non-hydrogen) atoms. The summed E-state index contributed by atoms with van der Waals surface area (Å²) < 4.78 is 15.3. The summed E-state index contributed by atoms with van der Waals surface area (Å²) >= 11 is 0. The van der Waals surface area contributed by atoms with Gasteiger partial charge in [0, 0.05) is 18.8 Å². The van der Waals surface area contributed by atoms with Crippen LogP contribution in [0.1, 0.15) is 12.5 Å². The molecule has 1 aromatic carbocycles. The highest BCUT2D eigenvalue weighted by molar-refractivity contribution is 5.67. The molecule has 0 fully saturated rings. The van der Waals surface area contributed by atoms with E-state index >= 15 is 0 Å². The Labute approximate surface area is 93.7 Å². The quantitative estimate of drug-likeness (QED) is 0.788. The number of anilines is 1. The largest absolute Gasteiger partial charge is 0.396 e. The summed E-state index contributed by atoms with van der Waals surface area (Å²) in [4.78, 5) is 0. The van der Waals surface area contributed by atoms with Crippen LogP contribution < -0.4 is 5.73 Å². The predicted molar refractivity (Wildman–Crippen MR) is 62.4 cm³/mol. The van der Waals surface area contributed by atoms with E-state index in [0.29, 0.717) is 0 Å². The van der Waals surface area contributed by atoms with Crippen molar-refractivity contribution >= 4 is 5.69 Å². The van der Waals surface area contributed by atoms with Gasteiger partial charge in [-0.05, 0) is 29.7 Å². The fourth-order valence-corrected chi connectivity index (χ4v) is 1.70. The van der Waals surface area contributed by atoms with E-state index in [9.17, 15) is 4.39 Å². The second-order valence-corrected chi connectivity index (χ2v) is 3.79. The van der Waals surface area contributed by atoms with Crippen molar-refractivity contribution < 1.29 is 4.39 Å². The smallest absolute Gasteiger partial charge is 0.146 e. The fraction of sp³-hybridized carbons (Fsp3) is 0.250. The summed E-state index contributed by atoms with van der Waals surface area (Å²) in [5.74, 6) is -0.363. The Morgan fingerprint density at radius 3 is 2.69 bits per heavy atom. The average Bonchev–Trinajstić information content (AvgIpc) is 2.69. The molecular weight excluding hydrogens is 205 g/mol. The first-order chi connectivity index (χ1) is 7.61. The lowest BCUT2D eigenvalue weighted by molar-refractivity contribution is 0.631. The van der Waals surface area contributed by atoms with Gasteiger partial charge in [0.1, 0.15) is 5.82 Å². The molecule has 0 spiro atoms. The van der Waals surface area contributed by atoms with Crippen molar-refractivity contribution in [1.29, 1.82) is 0 Å². The van der Waals surface area contributed by atoms with Crippen LogP contribution >= 0.6 is 0 Å². The van der Waals surface area contributed by atoms with Gasteiger partial charge >= 0.3 is 0 Å². The molecule has 1 aromatic heterocycles. The highest BCUT2D eigenvalue weighted by Gasteiger charge is 2.09. The molecule has 0 bridgehead atoms. The van der Waals surface area contributed by atoms with Gasteiger partial charge in [-0.3, -0.25) is 4.68 Å². The van der Waals surface area contributed by atoms with E-state index in [-0.39, 0.29) is 11.5 Å². The number of aryl methyl sites for hydroxylation is 2. The Balaban J connectivity index is 2.54. The maximum absolute atomic E-state index is 13.6. The van der Waals surface area contributed by atoms with E-state index in [1.165, 1.54) is 6.07 Å². The van der Waals surface area contributed by atoms with Crippen molar-refractivity contribution in [3.8, 4) is 11.1 Å². The van der Waals surface area contributed by atoms with Crippen molar-refractivity contribution in [2.45, 2.75) is 13.3 Å². The third-order valence-corrected chi connectivity index (χ3v) is 2.63. The molecule has 0 atom stereocenters. The summed E-state index contributed by atoms with van der Waals surface area (Å²) in [6.45, 7) is 1.96. The molecule has 0 radical (unpaired) electrons. The van der Waals surface area contributed by atoms with E-state index in [1.54, 1.807) is 10.9 Å². The molecule has 0 aliphatic carbocycles. The number of hydrogen-bond acceptors (Lipinski definition) is 2. The van der Waals surface area contributed by atoms with Gasteiger partial charge in [-0.25, -0.2) is 4.39 Å². The molecule has 0 amide bonds. The van der Waals surface area contributed by atoms with Gasteiger partial charge in [0.15, 0.2) is 0 Å². The fourth-order valence-electron chi connectivity index (χ4n) is 1.70. The normalized spacial score (nSPS) is 10.7. The Morgan fingerprint density at radius 2 is 2.12 bits per heavy atom. The molecule has 3 nitrogen and oxygen atoms in total. The first-order valence-corrected chi connectivity index (χ1v) is 5.18. The molecule has 0 saturated heterocycles. The molecule has 0 aliphatic heterocycles. The lowest BCUT2D eigenvalue weighted by atomic mass is 10.0. The number of rotatable bonds is 2. The maximum atomic E-state index is 13.6. The summed E-state index contributed by atoms with van der Waals surface area (Å²) in [6.07, 6.45) is 4.28. The van der Waals surface area contributed by atoms with Crippen LogP contribution in [0.15, 0.2) is 24.5 Å². The summed E-state index contributed by atoms with van der Waals surface area (Å²) in [7, 11) is 1.83. The molecule has 0 aliphatic rings. The molecular formula is C12H14FN3. The second-order valence-electron chi connectivity index (χ2n) is 3.79. The zero-order valence-corrected chi connectivity index (χ0v) is 9.37. The summed E-state index contributed by atoms with van der Waals surface area (Å²) in [5, 5.41) is 4.06. The van der Waals surface area contributed by atoms with Crippen LogP contribution in [0.2, 0.25) is 0 Å². The molecule has 2 N–H and O–H groups in total. The van der Waals surface area contributed by atoms with Gasteiger partial charge < -0.3 is 5.73 Å². The number of aromatic nitrogens is 2. The van der Waals surface area contributed by atoms with E-state index in [2.05, 4.69) is 5.10 Å². The van der Waals surface area contributed by atoms with Crippen LogP contribution in [0, 0.1) is 5.82 Å². The topological polar surface area (TPSA) is 43.8 Å². The molecule has 0 saturated carbocycles. The SMILES string of the molecule is CCc1cc(-c2cnn(C)c2)cc(F)c1N. The lowest BCUT2D eigenvalue weighted by Gasteiger charge is -2.07. The average molecular weight is 219 g/mol. The van der Waals surface area contributed by atoms with Crippen LogP contribution in [0.25, 0.3) is 11.1 Å². The molecule has 84 valence electrons. The van der Waals surface area contributed by atoms with Gasteiger partial charge in [0.25, 0.3) is 0 Å². The minimum Gasteiger partial charge on any atom is -0.396 e. The van der Waals surface area contributed by atoms with Gasteiger partial charge in [-0.2, -0.15) is 5.10 Å². The zero-order chi connectivity index (χ0) is 11.7. The molecule has 0 unspecified atom stereocenters. The number of nitrogens with two attached hydrogens (primary N) is 1. The number of halogens is 1. The maximum Gasteiger partial charge on any atom is 0.146 e. The minimum absolute atomic E-state index is 0.246. The standard InChI is InChI=1S/C12H14FN3/c1-3-8-4-9(5-11(13)12(8)14)10-6-15-16(2)7-10/h4-7H,3,14H2,1-2H3. The van der Waals surface area contributed by atoms with Crippen LogP contribution in [0.4, 0.5) is 10.1 Å². The lowest BCUT2D eigenvalue weighted by Crippen LogP contribution is -1.97. The first kappa shape index (κ1) is 10.7. The molecule has 2 rings (SSSR count). The molecule has 2 aromatic rings. The van der Waals surface area contributed by atoms with Crippen LogP contribution in [-0.2, 0) is 13.5 Å². The van der Waals surface area contributed by atoms with Crippen LogP contribution in [0.5, 0.6) is 0 Å².